The van der Waals surface area contributed by atoms with E-state index in [0.717, 1.165) is 25.2 Å². The Bertz CT molecular complexity index is 374. The van der Waals surface area contributed by atoms with Gasteiger partial charge in [0.2, 0.25) is 5.91 Å². The van der Waals surface area contributed by atoms with Crippen LogP contribution in [0.5, 0.6) is 0 Å². The molecular formula is C13H17FN2O. The van der Waals surface area contributed by atoms with Crippen LogP contribution >= 0.6 is 0 Å². The molecule has 1 amide bonds. The van der Waals surface area contributed by atoms with E-state index in [1.807, 2.05) is 0 Å². The Kier molecular flexibility index (Phi) is 4.09. The van der Waals surface area contributed by atoms with Crippen LogP contribution in [-0.2, 0) is 11.3 Å². The van der Waals surface area contributed by atoms with Gasteiger partial charge in [-0.15, -0.1) is 0 Å². The number of benzene rings is 1. The zero-order valence-electron chi connectivity index (χ0n) is 9.79. The summed E-state index contributed by atoms with van der Waals surface area (Å²) in [6.07, 6.45) is 1.79. The van der Waals surface area contributed by atoms with Crippen LogP contribution in [-0.4, -0.2) is 30.4 Å². The van der Waals surface area contributed by atoms with Gasteiger partial charge >= 0.3 is 0 Å². The highest BCUT2D eigenvalue weighted by Gasteiger charge is 2.14. The van der Waals surface area contributed by atoms with E-state index in [1.165, 1.54) is 18.6 Å². The van der Waals surface area contributed by atoms with Crippen LogP contribution in [0.4, 0.5) is 4.39 Å². The maximum absolute atomic E-state index is 12.6. The molecule has 3 nitrogen and oxygen atoms in total. The monoisotopic (exact) mass is 236 g/mol. The Balaban J connectivity index is 1.66. The average Bonchev–Trinajstić information content (AvgIpc) is 2.26. The van der Waals surface area contributed by atoms with Gasteiger partial charge in [0.05, 0.1) is 0 Å². The van der Waals surface area contributed by atoms with E-state index in [-0.39, 0.29) is 11.7 Å². The van der Waals surface area contributed by atoms with Crippen molar-refractivity contribution < 1.29 is 9.18 Å². The maximum Gasteiger partial charge on any atom is 0.221 e. The maximum atomic E-state index is 12.6. The molecule has 1 heterocycles. The van der Waals surface area contributed by atoms with Crippen molar-refractivity contribution >= 4 is 5.91 Å². The summed E-state index contributed by atoms with van der Waals surface area (Å²) in [4.78, 5) is 13.8. The predicted molar refractivity (Wildman–Crippen MR) is 63.9 cm³/mol. The lowest BCUT2D eigenvalue weighted by Crippen LogP contribution is -2.39. The molecular weight excluding hydrogens is 219 g/mol. The summed E-state index contributed by atoms with van der Waals surface area (Å²) in [5.74, 6) is -0.195. The van der Waals surface area contributed by atoms with Crippen LogP contribution in [0.2, 0.25) is 0 Å². The molecule has 1 aliphatic rings. The third-order valence-corrected chi connectivity index (χ3v) is 3.01. The van der Waals surface area contributed by atoms with Gasteiger partial charge < -0.3 is 10.2 Å². The molecule has 0 atom stereocenters. The largest absolute Gasteiger partial charge is 0.352 e. The summed E-state index contributed by atoms with van der Waals surface area (Å²) < 4.78 is 12.6. The van der Waals surface area contributed by atoms with Crippen LogP contribution in [0, 0.1) is 5.82 Å². The zero-order chi connectivity index (χ0) is 12.1. The highest BCUT2D eigenvalue weighted by molar-refractivity contribution is 5.76. The van der Waals surface area contributed by atoms with Crippen molar-refractivity contribution in [1.29, 1.82) is 0 Å². The molecule has 17 heavy (non-hydrogen) atoms. The second kappa shape index (κ2) is 5.77. The standard InChI is InChI=1S/C13H17FN2O/c14-12-4-2-11(3-5-12)10-15-13(17)6-9-16-7-1-8-16/h2-5H,1,6-10H2,(H,15,17). The summed E-state index contributed by atoms with van der Waals surface area (Å²) >= 11 is 0. The molecule has 2 rings (SSSR count). The van der Waals surface area contributed by atoms with Crippen LogP contribution in [0.15, 0.2) is 24.3 Å². The van der Waals surface area contributed by atoms with E-state index in [2.05, 4.69) is 10.2 Å². The third kappa shape index (κ3) is 3.82. The van der Waals surface area contributed by atoms with Gasteiger partial charge in [0, 0.05) is 19.5 Å². The fourth-order valence-corrected chi connectivity index (χ4v) is 1.76. The second-order valence-electron chi connectivity index (χ2n) is 4.35. The number of carbonyl (C=O) groups is 1. The third-order valence-electron chi connectivity index (χ3n) is 3.01. The van der Waals surface area contributed by atoms with Crippen molar-refractivity contribution in [3.05, 3.63) is 35.6 Å². The molecule has 0 aliphatic carbocycles. The summed E-state index contributed by atoms with van der Waals surface area (Å²) in [6.45, 7) is 3.55. The molecule has 0 bridgehead atoms. The minimum atomic E-state index is -0.252. The van der Waals surface area contributed by atoms with Gasteiger partial charge in [-0.1, -0.05) is 12.1 Å². The highest BCUT2D eigenvalue weighted by atomic mass is 19.1. The number of amides is 1. The quantitative estimate of drug-likeness (QED) is 0.841. The van der Waals surface area contributed by atoms with Crippen LogP contribution in [0.1, 0.15) is 18.4 Å². The minimum Gasteiger partial charge on any atom is -0.352 e. The van der Waals surface area contributed by atoms with Gasteiger partial charge in [-0.05, 0) is 37.2 Å². The van der Waals surface area contributed by atoms with E-state index in [9.17, 15) is 9.18 Å². The SMILES string of the molecule is O=C(CCN1CCC1)NCc1ccc(F)cc1. The molecule has 1 aromatic carbocycles. The highest BCUT2D eigenvalue weighted by Crippen LogP contribution is 2.06. The molecule has 1 aromatic rings. The molecule has 0 unspecified atom stereocenters. The first kappa shape index (κ1) is 12.0. The Labute approximate surface area is 101 Å². The number of hydrogen-bond acceptors (Lipinski definition) is 2. The number of nitrogens with one attached hydrogen (secondary N) is 1. The second-order valence-corrected chi connectivity index (χ2v) is 4.35. The molecule has 0 saturated carbocycles. The molecule has 0 radical (unpaired) electrons. The molecule has 1 N–H and O–H groups in total. The number of rotatable bonds is 5. The van der Waals surface area contributed by atoms with Crippen LogP contribution in [0.3, 0.4) is 0 Å². The number of halogens is 1. The zero-order valence-corrected chi connectivity index (χ0v) is 9.79. The number of hydrogen-bond donors (Lipinski definition) is 1. The summed E-state index contributed by atoms with van der Waals surface area (Å²) in [5, 5.41) is 2.83. The van der Waals surface area contributed by atoms with Crippen LogP contribution < -0.4 is 5.32 Å². The number of likely N-dealkylation sites (tertiary alicyclic amines) is 1. The fourth-order valence-electron chi connectivity index (χ4n) is 1.76. The van der Waals surface area contributed by atoms with E-state index in [0.29, 0.717) is 13.0 Å². The van der Waals surface area contributed by atoms with Crippen molar-refractivity contribution in [3.63, 3.8) is 0 Å². The lowest BCUT2D eigenvalue weighted by Gasteiger charge is -2.30. The van der Waals surface area contributed by atoms with Crippen molar-refractivity contribution in [2.24, 2.45) is 0 Å². The molecule has 1 aliphatic heterocycles. The van der Waals surface area contributed by atoms with Gasteiger partial charge in [0.25, 0.3) is 0 Å². The van der Waals surface area contributed by atoms with Gasteiger partial charge in [-0.2, -0.15) is 0 Å². The number of carbonyl (C=O) groups excluding carboxylic acids is 1. The Morgan fingerprint density at radius 3 is 2.59 bits per heavy atom. The van der Waals surface area contributed by atoms with Gasteiger partial charge in [-0.25, -0.2) is 4.39 Å². The Hall–Kier alpha value is -1.42. The summed E-state index contributed by atoms with van der Waals surface area (Å²) in [6, 6.07) is 6.18. The molecule has 0 aromatic heterocycles. The number of nitrogens with zero attached hydrogens (tertiary/aromatic N) is 1. The van der Waals surface area contributed by atoms with Crippen molar-refractivity contribution in [2.75, 3.05) is 19.6 Å². The van der Waals surface area contributed by atoms with E-state index >= 15 is 0 Å². The molecule has 0 spiro atoms. The molecule has 4 heteroatoms. The van der Waals surface area contributed by atoms with Crippen molar-refractivity contribution in [1.82, 2.24) is 10.2 Å². The fraction of sp³-hybridized carbons (Fsp3) is 0.462. The van der Waals surface area contributed by atoms with Gasteiger partial charge in [0.15, 0.2) is 0 Å². The average molecular weight is 236 g/mol. The molecule has 1 saturated heterocycles. The van der Waals surface area contributed by atoms with E-state index < -0.39 is 0 Å². The summed E-state index contributed by atoms with van der Waals surface area (Å²) in [5.41, 5.74) is 0.920. The molecule has 1 fully saturated rings. The predicted octanol–water partition coefficient (Wildman–Crippen LogP) is 1.54. The lowest BCUT2D eigenvalue weighted by atomic mass is 10.2. The van der Waals surface area contributed by atoms with Gasteiger partial charge in [0.1, 0.15) is 5.82 Å². The first-order chi connectivity index (χ1) is 8.24. The first-order valence-electron chi connectivity index (χ1n) is 5.97. The smallest absolute Gasteiger partial charge is 0.221 e. The van der Waals surface area contributed by atoms with E-state index in [1.54, 1.807) is 12.1 Å². The van der Waals surface area contributed by atoms with Crippen LogP contribution in [0.25, 0.3) is 0 Å². The van der Waals surface area contributed by atoms with Gasteiger partial charge in [-0.3, -0.25) is 4.79 Å². The van der Waals surface area contributed by atoms with Crippen molar-refractivity contribution in [2.45, 2.75) is 19.4 Å². The van der Waals surface area contributed by atoms with E-state index in [4.69, 9.17) is 0 Å². The molecule has 92 valence electrons. The normalized spacial score (nSPS) is 15.4. The Morgan fingerprint density at radius 1 is 1.29 bits per heavy atom. The summed E-state index contributed by atoms with van der Waals surface area (Å²) in [7, 11) is 0. The Morgan fingerprint density at radius 2 is 2.00 bits per heavy atom. The minimum absolute atomic E-state index is 0.0567. The topological polar surface area (TPSA) is 32.3 Å². The first-order valence-corrected chi connectivity index (χ1v) is 5.97. The van der Waals surface area contributed by atoms with Crippen molar-refractivity contribution in [3.8, 4) is 0 Å². The lowest BCUT2D eigenvalue weighted by molar-refractivity contribution is -0.121.